The molecule has 0 radical (unpaired) electrons. The van der Waals surface area contributed by atoms with Gasteiger partial charge >= 0.3 is 6.18 Å². The third-order valence-electron chi connectivity index (χ3n) is 3.19. The Balaban J connectivity index is 2.14. The second-order valence-corrected chi connectivity index (χ2v) is 5.71. The minimum Gasteiger partial charge on any atom is -0.489 e. The van der Waals surface area contributed by atoms with Crippen LogP contribution in [0.5, 0.6) is 5.75 Å². The first-order chi connectivity index (χ1) is 11.3. The van der Waals surface area contributed by atoms with Crippen LogP contribution in [0.15, 0.2) is 24.3 Å². The minimum absolute atomic E-state index is 0.140. The van der Waals surface area contributed by atoms with Crippen molar-refractivity contribution in [3.05, 3.63) is 52.1 Å². The predicted octanol–water partition coefficient (Wildman–Crippen LogP) is 4.50. The summed E-state index contributed by atoms with van der Waals surface area (Å²) in [4.78, 5) is 13.9. The smallest absolute Gasteiger partial charge is 0.423 e. The maximum atomic E-state index is 13.1. The maximum absolute atomic E-state index is 13.1. The molecule has 0 unspecified atom stereocenters. The standard InChI is InChI=1S/C15H7F3N2O3S/c1-23-9-3-4-11-13(7-9)24-14(19-11)8-2-5-12(20(21)22)10(6-8)15(16,17)18/h2,5-7H,1H3. The molecule has 3 rings (SSSR count). The summed E-state index contributed by atoms with van der Waals surface area (Å²) in [7, 11) is 1.46. The normalized spacial score (nSPS) is 11.3. The molecule has 0 N–H and O–H groups in total. The molecule has 2 aromatic carbocycles. The molecule has 0 fully saturated rings. The fourth-order valence-electron chi connectivity index (χ4n) is 2.08. The van der Waals surface area contributed by atoms with E-state index in [4.69, 9.17) is 4.74 Å². The third kappa shape index (κ3) is 2.83. The van der Waals surface area contributed by atoms with Crippen molar-refractivity contribution in [2.45, 2.75) is 6.18 Å². The van der Waals surface area contributed by atoms with Gasteiger partial charge in [-0.2, -0.15) is 13.2 Å². The van der Waals surface area contributed by atoms with Crippen LogP contribution in [0.1, 0.15) is 5.56 Å². The zero-order chi connectivity index (χ0) is 17.5. The van der Waals surface area contributed by atoms with E-state index >= 15 is 0 Å². The lowest BCUT2D eigenvalue weighted by Crippen LogP contribution is -2.09. The summed E-state index contributed by atoms with van der Waals surface area (Å²) in [5.41, 5.74) is -1.73. The molecule has 1 heterocycles. The Hall–Kier alpha value is -2.86. The number of ether oxygens (including phenoxy) is 1. The highest BCUT2D eigenvalue weighted by Crippen LogP contribution is 2.39. The number of halogens is 3. The van der Waals surface area contributed by atoms with Crippen molar-refractivity contribution in [2.75, 3.05) is 7.11 Å². The highest BCUT2D eigenvalue weighted by atomic mass is 32.1. The molecule has 3 aromatic rings. The summed E-state index contributed by atoms with van der Waals surface area (Å²) in [6.45, 7) is 0. The Labute approximate surface area is 137 Å². The summed E-state index contributed by atoms with van der Waals surface area (Å²) in [6, 6.07) is 9.92. The van der Waals surface area contributed by atoms with Crippen molar-refractivity contribution in [3.63, 3.8) is 0 Å². The lowest BCUT2D eigenvalue weighted by atomic mass is 10.1. The summed E-state index contributed by atoms with van der Waals surface area (Å²) in [6.07, 6.45) is -4.84. The summed E-state index contributed by atoms with van der Waals surface area (Å²) < 4.78 is 44.8. The minimum atomic E-state index is -4.84. The third-order valence-corrected chi connectivity index (χ3v) is 4.24. The van der Waals surface area contributed by atoms with Gasteiger partial charge in [-0.05, 0) is 24.3 Å². The van der Waals surface area contributed by atoms with E-state index in [9.17, 15) is 23.3 Å². The number of nitro groups is 1. The molecular weight excluding hydrogens is 345 g/mol. The number of methoxy groups -OCH3 is 1. The second kappa shape index (κ2) is 5.65. The maximum Gasteiger partial charge on any atom is 0.423 e. The van der Waals surface area contributed by atoms with Gasteiger partial charge in [-0.15, -0.1) is 11.3 Å². The average Bonchev–Trinajstić information content (AvgIpc) is 2.96. The van der Waals surface area contributed by atoms with Crippen molar-refractivity contribution in [1.82, 2.24) is 4.98 Å². The zero-order valence-corrected chi connectivity index (χ0v) is 12.8. The molecule has 0 aliphatic heterocycles. The molecule has 0 saturated carbocycles. The molecule has 0 saturated heterocycles. The van der Waals surface area contributed by atoms with E-state index in [-0.39, 0.29) is 5.56 Å². The molecule has 5 nitrogen and oxygen atoms in total. The van der Waals surface area contributed by atoms with Crippen LogP contribution in [-0.2, 0) is 6.18 Å². The largest absolute Gasteiger partial charge is 0.489 e. The van der Waals surface area contributed by atoms with Gasteiger partial charge in [0.15, 0.2) is 5.75 Å². The van der Waals surface area contributed by atoms with E-state index in [0.29, 0.717) is 21.0 Å². The molecule has 122 valence electrons. The number of nitrogens with zero attached hydrogens (tertiary/aromatic N) is 2. The SMILES string of the molecule is COc1c#cc2nc(-c3ccc([N+](=O)[O-])c(C(F)(F)F)c3)sc2c1. The topological polar surface area (TPSA) is 65.3 Å². The van der Waals surface area contributed by atoms with Gasteiger partial charge in [0.1, 0.15) is 16.1 Å². The molecule has 24 heavy (non-hydrogen) atoms. The van der Waals surface area contributed by atoms with Crippen LogP contribution in [0.4, 0.5) is 18.9 Å². The lowest BCUT2D eigenvalue weighted by Gasteiger charge is -2.08. The molecule has 9 heteroatoms. The van der Waals surface area contributed by atoms with Crippen LogP contribution in [-0.4, -0.2) is 17.0 Å². The Kier molecular flexibility index (Phi) is 3.77. The predicted molar refractivity (Wildman–Crippen MR) is 80.9 cm³/mol. The van der Waals surface area contributed by atoms with Crippen LogP contribution < -0.4 is 4.74 Å². The summed E-state index contributed by atoms with van der Waals surface area (Å²) in [5.74, 6) is 0.428. The van der Waals surface area contributed by atoms with Crippen LogP contribution >= 0.6 is 11.3 Å². The van der Waals surface area contributed by atoms with Crippen molar-refractivity contribution in [3.8, 4) is 16.3 Å². The Morgan fingerprint density at radius 2 is 2.04 bits per heavy atom. The molecule has 0 atom stereocenters. The van der Waals surface area contributed by atoms with Gasteiger partial charge in [-0.3, -0.25) is 10.1 Å². The number of rotatable bonds is 3. The van der Waals surface area contributed by atoms with Gasteiger partial charge in [-0.25, -0.2) is 4.98 Å². The van der Waals surface area contributed by atoms with Gasteiger partial charge in [0, 0.05) is 17.7 Å². The Morgan fingerprint density at radius 3 is 2.67 bits per heavy atom. The highest BCUT2D eigenvalue weighted by Gasteiger charge is 2.38. The lowest BCUT2D eigenvalue weighted by molar-refractivity contribution is -0.388. The molecular formula is C15H7F3N2O3S. The summed E-state index contributed by atoms with van der Waals surface area (Å²) >= 11 is 1.13. The second-order valence-electron chi connectivity index (χ2n) is 4.68. The Bertz CT molecular complexity index is 937. The fourth-order valence-corrected chi connectivity index (χ4v) is 3.03. The monoisotopic (exact) mass is 352 g/mol. The number of alkyl halides is 3. The number of thiazole rings is 1. The van der Waals surface area contributed by atoms with E-state index in [0.717, 1.165) is 23.5 Å². The zero-order valence-electron chi connectivity index (χ0n) is 12.0. The first-order valence-electron chi connectivity index (χ1n) is 6.44. The molecule has 1 aromatic heterocycles. The van der Waals surface area contributed by atoms with Gasteiger partial charge in [0.25, 0.3) is 5.69 Å². The van der Waals surface area contributed by atoms with E-state index in [1.54, 1.807) is 6.07 Å². The van der Waals surface area contributed by atoms with E-state index in [1.165, 1.54) is 13.2 Å². The molecule has 0 spiro atoms. The van der Waals surface area contributed by atoms with Crippen LogP contribution in [0.2, 0.25) is 0 Å². The first kappa shape index (κ1) is 16.0. The van der Waals surface area contributed by atoms with Crippen molar-refractivity contribution < 1.29 is 22.8 Å². The molecule has 0 aliphatic rings. The van der Waals surface area contributed by atoms with E-state index in [2.05, 4.69) is 17.1 Å². The molecule has 0 aliphatic carbocycles. The number of nitro benzene ring substituents is 1. The van der Waals surface area contributed by atoms with Crippen molar-refractivity contribution >= 4 is 27.2 Å². The van der Waals surface area contributed by atoms with Crippen molar-refractivity contribution in [1.29, 1.82) is 0 Å². The molecule has 0 amide bonds. The first-order valence-corrected chi connectivity index (χ1v) is 7.26. The van der Waals surface area contributed by atoms with E-state index < -0.39 is 22.4 Å². The highest BCUT2D eigenvalue weighted by molar-refractivity contribution is 7.21. The van der Waals surface area contributed by atoms with Gasteiger partial charge < -0.3 is 4.74 Å². The molecule has 0 bridgehead atoms. The van der Waals surface area contributed by atoms with Crippen molar-refractivity contribution in [2.24, 2.45) is 0 Å². The summed E-state index contributed by atoms with van der Waals surface area (Å²) in [5, 5.41) is 11.1. The van der Waals surface area contributed by atoms with Crippen LogP contribution in [0.25, 0.3) is 20.8 Å². The Morgan fingerprint density at radius 1 is 1.29 bits per heavy atom. The fraction of sp³-hybridized carbons (Fsp3) is 0.133. The van der Waals surface area contributed by atoms with E-state index in [1.807, 2.05) is 0 Å². The van der Waals surface area contributed by atoms with Crippen LogP contribution in [0, 0.1) is 22.2 Å². The van der Waals surface area contributed by atoms with Gasteiger partial charge in [0.05, 0.1) is 16.7 Å². The number of hydrogen-bond acceptors (Lipinski definition) is 5. The average molecular weight is 352 g/mol. The number of aromatic nitrogens is 1. The number of benzene rings is 1. The quantitative estimate of drug-likeness (QED) is 0.514. The number of fused-ring (bicyclic) bond motifs is 1. The van der Waals surface area contributed by atoms with Gasteiger partial charge in [0.2, 0.25) is 0 Å². The van der Waals surface area contributed by atoms with Crippen LogP contribution in [0.3, 0.4) is 0 Å². The van der Waals surface area contributed by atoms with Gasteiger partial charge in [-0.1, -0.05) is 0 Å². The number of hydrogen-bond donors (Lipinski definition) is 0.